The third kappa shape index (κ3) is 28.8. The Bertz CT molecular complexity index is 6440. The molecule has 0 aliphatic rings. The van der Waals surface area contributed by atoms with Crippen molar-refractivity contribution in [2.75, 3.05) is 136 Å². The number of nitrogens with zero attached hydrogens (tertiary/aromatic N) is 5. The molecule has 5 unspecified atom stereocenters. The smallest absolute Gasteiger partial charge is 0.108 e. The highest BCUT2D eigenvalue weighted by Gasteiger charge is 2.21. The maximum atomic E-state index is 8.28. The van der Waals surface area contributed by atoms with Crippen molar-refractivity contribution in [3.63, 3.8) is 0 Å². The van der Waals surface area contributed by atoms with Crippen LogP contribution in [0.1, 0.15) is 191 Å². The summed E-state index contributed by atoms with van der Waals surface area (Å²) in [5.74, 6) is 0. The van der Waals surface area contributed by atoms with E-state index in [1.807, 2.05) is 19.0 Å². The molecule has 0 heterocycles. The van der Waals surface area contributed by atoms with Gasteiger partial charge in [0.15, 0.2) is 0 Å². The fraction of sp³-hybridized carbons (Fsp3) is 0.333. The van der Waals surface area contributed by atoms with E-state index in [0.717, 1.165) is 4.90 Å². The molecule has 10 nitrogen and oxygen atoms in total. The number of ether oxygens (including phenoxy) is 5. The third-order valence-electron chi connectivity index (χ3n) is 13.4. The summed E-state index contributed by atoms with van der Waals surface area (Å²) in [6.45, 7) is -33.4. The molecule has 0 aliphatic carbocycles. The maximum absolute atomic E-state index is 8.28. The van der Waals surface area contributed by atoms with Crippen molar-refractivity contribution in [2.24, 2.45) is 0 Å². The second kappa shape index (κ2) is 45.5. The Morgan fingerprint density at radius 2 is 0.540 bits per heavy atom. The van der Waals surface area contributed by atoms with Crippen LogP contribution in [0.2, 0.25) is 0 Å². The van der Waals surface area contributed by atoms with Crippen LogP contribution in [0.3, 0.4) is 0 Å². The minimum absolute atomic E-state index is 0.0182. The van der Waals surface area contributed by atoms with E-state index in [1.165, 1.54) is 93.8 Å². The standard InChI is InChI=1S/5C18H23NO/c5*1-15-9-7-8-12-17(15)18(20-14-13-19(2)3)16-10-5-4-6-11-16/h5*4-12,18H,13-14H2,1-3H3/i2D3,3D3,4D,5D,6D,10D,11D,13D2,14D2;1D3,2D3,3D3,4D,5D,6D,10D,11D;4D,5D,6D,10D,11D,13D2,14D2;1D3,4D,5D,6D,10D,11D,13D2;1D3,4D,5D,6D,10D,11D. The molecule has 0 amide bonds. The van der Waals surface area contributed by atoms with Gasteiger partial charge in [0.05, 0.1) is 72.7 Å². The lowest BCUT2D eigenvalue weighted by atomic mass is 9.97. The Kier molecular flexibility index (Phi) is 14.8. The van der Waals surface area contributed by atoms with Crippen molar-refractivity contribution >= 4 is 0 Å². The van der Waals surface area contributed by atoms with Crippen LogP contribution in [0.4, 0.5) is 0 Å². The van der Waals surface area contributed by atoms with E-state index in [-0.39, 0.29) is 72.7 Å². The summed E-state index contributed by atoms with van der Waals surface area (Å²) in [6, 6.07) is 15.7. The van der Waals surface area contributed by atoms with Crippen LogP contribution >= 0.6 is 0 Å². The van der Waals surface area contributed by atoms with Crippen molar-refractivity contribution in [1.82, 2.24) is 24.5 Å². The summed E-state index contributed by atoms with van der Waals surface area (Å²) in [5.41, 5.74) is 0.160. The molecule has 0 radical (unpaired) electrons. The summed E-state index contributed by atoms with van der Waals surface area (Å²) in [5, 5.41) is 0. The van der Waals surface area contributed by atoms with Crippen LogP contribution in [0.15, 0.2) is 272 Å². The molecule has 0 saturated carbocycles. The second-order valence-corrected chi connectivity index (χ2v) is 21.5. The molecule has 0 spiro atoms. The van der Waals surface area contributed by atoms with Gasteiger partial charge in [0, 0.05) is 69.6 Å². The number of rotatable bonds is 30. The first kappa shape index (κ1) is 32.4. The van der Waals surface area contributed by atoms with Gasteiger partial charge >= 0.3 is 0 Å². The summed E-state index contributed by atoms with van der Waals surface area (Å²) in [4.78, 5) is 3.79. The topological polar surface area (TPSA) is 62.4 Å². The van der Waals surface area contributed by atoms with E-state index in [1.54, 1.807) is 74.5 Å². The van der Waals surface area contributed by atoms with E-state index in [4.69, 9.17) is 100 Å². The fourth-order valence-corrected chi connectivity index (χ4v) is 8.61. The number of hydrogen-bond acceptors (Lipinski definition) is 10. The van der Waals surface area contributed by atoms with Gasteiger partial charge in [-0.1, -0.05) is 272 Å². The molecule has 10 heteroatoms. The van der Waals surface area contributed by atoms with Gasteiger partial charge in [-0.25, -0.2) is 0 Å². The zero-order chi connectivity index (χ0) is 120. The third-order valence-corrected chi connectivity index (χ3v) is 13.4. The zero-order valence-corrected chi connectivity index (χ0v) is 56.2. The van der Waals surface area contributed by atoms with E-state index in [2.05, 4.69) is 0 Å². The molecule has 10 aromatic carbocycles. The zero-order valence-electron chi connectivity index (χ0n) is 112. The maximum Gasteiger partial charge on any atom is 0.108 e. The average molecular weight is 1400 g/mol. The molecule has 0 bridgehead atoms. The van der Waals surface area contributed by atoms with Crippen molar-refractivity contribution < 1.29 is 100 Å². The summed E-state index contributed by atoms with van der Waals surface area (Å²) in [6.07, 6.45) is -7.25. The lowest BCUT2D eigenvalue weighted by molar-refractivity contribution is 0.0682. The molecule has 0 aliphatic heterocycles. The predicted octanol–water partition coefficient (Wildman–Crippen LogP) is 18.3. The number of likely N-dealkylation sites (N-methyl/N-ethyl adjacent to an activating group) is 5. The predicted molar refractivity (Wildman–Crippen MR) is 420 cm³/mol. The van der Waals surface area contributed by atoms with E-state index < -0.39 is 293 Å². The summed E-state index contributed by atoms with van der Waals surface area (Å²) < 4.78 is 471. The Labute approximate surface area is 681 Å². The Hall–Kier alpha value is -8.20. The first-order valence-corrected chi connectivity index (χ1v) is 30.5. The summed E-state index contributed by atoms with van der Waals surface area (Å²) >= 11 is 0. The summed E-state index contributed by atoms with van der Waals surface area (Å²) in [7, 11) is 9.40. The van der Waals surface area contributed by atoms with Crippen LogP contribution in [-0.2, 0) is 23.7 Å². The minimum atomic E-state index is -3.79. The highest BCUT2D eigenvalue weighted by molar-refractivity contribution is 5.40. The van der Waals surface area contributed by atoms with Crippen molar-refractivity contribution in [1.29, 1.82) is 0 Å². The first-order chi connectivity index (χ1) is 70.9. The normalized spacial score (nSPS) is 22.3. The van der Waals surface area contributed by atoms with Gasteiger partial charge in [-0.2, -0.15) is 0 Å². The highest BCUT2D eigenvalue weighted by atomic mass is 16.5. The van der Waals surface area contributed by atoms with Gasteiger partial charge < -0.3 is 48.2 Å². The van der Waals surface area contributed by atoms with E-state index in [0.29, 0.717) is 23.2 Å². The molecular formula is C90H115N5O5. The second-order valence-electron chi connectivity index (χ2n) is 21.5. The molecule has 0 N–H and O–H groups in total. The Morgan fingerprint density at radius 3 is 0.810 bits per heavy atom. The fourth-order valence-electron chi connectivity index (χ4n) is 8.61. The lowest BCUT2D eigenvalue weighted by Gasteiger charge is -2.22. The Balaban J connectivity index is 0.000000297. The molecule has 0 saturated heterocycles. The van der Waals surface area contributed by atoms with Gasteiger partial charge in [0.2, 0.25) is 0 Å². The minimum Gasteiger partial charge on any atom is -0.367 e. The van der Waals surface area contributed by atoms with Gasteiger partial charge in [-0.05, 0) is 188 Å². The molecule has 530 valence electrons. The largest absolute Gasteiger partial charge is 0.367 e. The van der Waals surface area contributed by atoms with Gasteiger partial charge in [0.1, 0.15) is 30.5 Å². The SMILES string of the molecule is [2H]c1c([2H])c([2H])c(C(OC([2H])([2H])C([2H])([2H])N(C([2H])([2H])[2H])C([2H])([2H])[2H])c2ccccc2C)c([2H])c1[2H].[2H]c1c([2H])c([2H])c(C(OC([2H])([2H])C([2H])([2H])N(C)C)c2ccccc2C)c([2H])c1[2H].[2H]c1c([2H])c([2H])c(C(OCC([2H])([2H])N(C)C)c2ccccc2C([2H])([2H])[2H])c([2H])c1[2H].[2H]c1c([2H])c([2H])c(C(OCCN(C([2H])([2H])[2H])C([2H])([2H])[2H])c2ccccc2C([2H])([2H])[2H])c([2H])c1[2H].[2H]c1c([2H])c([2H])c(C(OCCN(C)C)c2ccccc2C([2H])([2H])[2H])c([2H])c1[2H]. The molecule has 100 heavy (non-hydrogen) atoms. The molecule has 0 aromatic heterocycles. The lowest BCUT2D eigenvalue weighted by Crippen LogP contribution is -2.20. The number of aryl methyl sites for hydroxylation is 5. The monoisotopic (exact) mass is 1400 g/mol. The average Bonchev–Trinajstić information content (AvgIpc) is 0.732. The molecule has 0 fully saturated rings. The first-order valence-electron chi connectivity index (χ1n) is 58.5. The van der Waals surface area contributed by atoms with Crippen LogP contribution in [-0.4, -0.2) is 160 Å². The molecule has 10 aromatic rings. The van der Waals surface area contributed by atoms with Crippen LogP contribution in [0.5, 0.6) is 0 Å². The highest BCUT2D eigenvalue weighted by Crippen LogP contribution is 2.33. The molecular weight excluding hydrogens is 1230 g/mol. The van der Waals surface area contributed by atoms with E-state index in [9.17, 15) is 0 Å². The van der Waals surface area contributed by atoms with Gasteiger partial charge in [-0.15, -0.1) is 0 Å². The van der Waals surface area contributed by atoms with Crippen LogP contribution in [0, 0.1) is 34.4 Å². The number of benzene rings is 10. The van der Waals surface area contributed by atoms with Gasteiger partial charge in [0.25, 0.3) is 0 Å². The molecule has 10 rings (SSSR count). The van der Waals surface area contributed by atoms with Gasteiger partial charge in [-0.3, -0.25) is 0 Å². The quantitative estimate of drug-likeness (QED) is 0.0435. The molecule has 5 atom stereocenters. The van der Waals surface area contributed by atoms with Crippen molar-refractivity contribution in [3.8, 4) is 0 Å². The van der Waals surface area contributed by atoms with Crippen molar-refractivity contribution in [2.45, 2.75) is 64.9 Å². The van der Waals surface area contributed by atoms with Crippen LogP contribution in [0.25, 0.3) is 0 Å². The Morgan fingerprint density at radius 1 is 0.290 bits per heavy atom. The van der Waals surface area contributed by atoms with Crippen LogP contribution < -0.4 is 0 Å². The van der Waals surface area contributed by atoms with E-state index >= 15 is 0 Å². The van der Waals surface area contributed by atoms with Crippen molar-refractivity contribution in [3.05, 3.63) is 356 Å². The number of hydrogen-bond donors (Lipinski definition) is 0.